The van der Waals surface area contributed by atoms with E-state index in [0.717, 1.165) is 40.4 Å². The van der Waals surface area contributed by atoms with Gasteiger partial charge >= 0.3 is 0 Å². The molecular formula is C20H23ClN2O2S. The van der Waals surface area contributed by atoms with E-state index in [4.69, 9.17) is 33.3 Å². The standard InChI is InChI=1S/C20H23ClN2O2S/c1-4-23(12-15-5-6-17-18(11-15)25-8-7-24-17)20(26)22-19-14(3)9-13(2)10-16(19)21/h5-6,9-11H,4,7-8,12H2,1-3H3,(H,22,26). The van der Waals surface area contributed by atoms with Gasteiger partial charge in [-0.2, -0.15) is 0 Å². The van der Waals surface area contributed by atoms with Crippen molar-refractivity contribution in [3.8, 4) is 11.5 Å². The first kappa shape index (κ1) is 18.8. The Morgan fingerprint density at radius 1 is 1.15 bits per heavy atom. The van der Waals surface area contributed by atoms with Gasteiger partial charge < -0.3 is 19.7 Å². The van der Waals surface area contributed by atoms with E-state index in [1.54, 1.807) is 0 Å². The second-order valence-electron chi connectivity index (χ2n) is 6.36. The number of thiocarbonyl (C=S) groups is 1. The molecular weight excluding hydrogens is 368 g/mol. The molecule has 0 unspecified atom stereocenters. The Balaban J connectivity index is 1.73. The van der Waals surface area contributed by atoms with Gasteiger partial charge in [-0.05, 0) is 67.9 Å². The smallest absolute Gasteiger partial charge is 0.173 e. The summed E-state index contributed by atoms with van der Waals surface area (Å²) in [6.07, 6.45) is 0. The van der Waals surface area contributed by atoms with Gasteiger partial charge in [-0.1, -0.05) is 23.7 Å². The molecule has 0 spiro atoms. The lowest BCUT2D eigenvalue weighted by Crippen LogP contribution is -2.34. The van der Waals surface area contributed by atoms with Gasteiger partial charge in [0.25, 0.3) is 0 Å². The Kier molecular flexibility index (Phi) is 5.89. The van der Waals surface area contributed by atoms with Crippen LogP contribution in [0.15, 0.2) is 30.3 Å². The molecule has 0 atom stereocenters. The molecule has 1 heterocycles. The van der Waals surface area contributed by atoms with Crippen LogP contribution in [0.4, 0.5) is 5.69 Å². The third-order valence-corrected chi connectivity index (χ3v) is 4.97. The van der Waals surface area contributed by atoms with Crippen LogP contribution < -0.4 is 14.8 Å². The normalized spacial score (nSPS) is 12.6. The Morgan fingerprint density at radius 2 is 1.88 bits per heavy atom. The number of nitrogens with zero attached hydrogens (tertiary/aromatic N) is 1. The summed E-state index contributed by atoms with van der Waals surface area (Å²) in [7, 11) is 0. The number of halogens is 1. The van der Waals surface area contributed by atoms with Gasteiger partial charge in [0.2, 0.25) is 0 Å². The molecule has 6 heteroatoms. The zero-order chi connectivity index (χ0) is 18.7. The van der Waals surface area contributed by atoms with E-state index in [0.29, 0.717) is 29.9 Å². The van der Waals surface area contributed by atoms with E-state index >= 15 is 0 Å². The molecule has 2 aromatic carbocycles. The third-order valence-electron chi connectivity index (χ3n) is 4.31. The van der Waals surface area contributed by atoms with Crippen LogP contribution in [0, 0.1) is 13.8 Å². The van der Waals surface area contributed by atoms with Gasteiger partial charge in [-0.25, -0.2) is 0 Å². The molecule has 0 saturated carbocycles. The minimum atomic E-state index is 0.582. The molecule has 0 bridgehead atoms. The van der Waals surface area contributed by atoms with Gasteiger partial charge in [-0.15, -0.1) is 0 Å². The fourth-order valence-corrected chi connectivity index (χ4v) is 3.66. The Bertz CT molecular complexity index is 802. The molecule has 3 rings (SSSR count). The number of aryl methyl sites for hydroxylation is 2. The van der Waals surface area contributed by atoms with Crippen LogP contribution in [0.25, 0.3) is 0 Å². The lowest BCUT2D eigenvalue weighted by Gasteiger charge is -2.26. The number of nitrogens with one attached hydrogen (secondary N) is 1. The van der Waals surface area contributed by atoms with Crippen molar-refractivity contribution in [1.82, 2.24) is 4.90 Å². The lowest BCUT2D eigenvalue weighted by molar-refractivity contribution is 0.171. The number of anilines is 1. The summed E-state index contributed by atoms with van der Waals surface area (Å²) < 4.78 is 11.2. The van der Waals surface area contributed by atoms with Crippen LogP contribution in [0.1, 0.15) is 23.6 Å². The number of hydrogen-bond acceptors (Lipinski definition) is 3. The van der Waals surface area contributed by atoms with Crippen molar-refractivity contribution < 1.29 is 9.47 Å². The largest absolute Gasteiger partial charge is 0.486 e. The quantitative estimate of drug-likeness (QED) is 0.747. The summed E-state index contributed by atoms with van der Waals surface area (Å²) in [5, 5.41) is 4.64. The number of benzene rings is 2. The van der Waals surface area contributed by atoms with Crippen LogP contribution in [-0.2, 0) is 6.54 Å². The van der Waals surface area contributed by atoms with Crippen molar-refractivity contribution in [2.45, 2.75) is 27.3 Å². The van der Waals surface area contributed by atoms with E-state index in [-0.39, 0.29) is 0 Å². The van der Waals surface area contributed by atoms with E-state index in [1.807, 2.05) is 38.1 Å². The Morgan fingerprint density at radius 3 is 2.58 bits per heavy atom. The molecule has 1 aliphatic heterocycles. The molecule has 138 valence electrons. The number of rotatable bonds is 4. The summed E-state index contributed by atoms with van der Waals surface area (Å²) in [4.78, 5) is 2.09. The summed E-state index contributed by atoms with van der Waals surface area (Å²) in [5.74, 6) is 1.59. The van der Waals surface area contributed by atoms with Gasteiger partial charge in [0, 0.05) is 13.1 Å². The van der Waals surface area contributed by atoms with Crippen molar-refractivity contribution in [1.29, 1.82) is 0 Å². The zero-order valence-electron chi connectivity index (χ0n) is 15.3. The first-order valence-electron chi connectivity index (χ1n) is 8.69. The molecule has 0 aromatic heterocycles. The first-order chi connectivity index (χ1) is 12.5. The van der Waals surface area contributed by atoms with Gasteiger partial charge in [0.15, 0.2) is 16.6 Å². The number of fused-ring (bicyclic) bond motifs is 1. The summed E-state index contributed by atoms with van der Waals surface area (Å²) in [6, 6.07) is 10.0. The second-order valence-corrected chi connectivity index (χ2v) is 7.15. The molecule has 1 aliphatic rings. The van der Waals surface area contributed by atoms with E-state index in [1.165, 1.54) is 0 Å². The summed E-state index contributed by atoms with van der Waals surface area (Å²) in [5.41, 5.74) is 4.19. The molecule has 0 amide bonds. The van der Waals surface area contributed by atoms with Crippen molar-refractivity contribution in [3.63, 3.8) is 0 Å². The van der Waals surface area contributed by atoms with E-state index in [2.05, 4.69) is 23.2 Å². The van der Waals surface area contributed by atoms with Crippen molar-refractivity contribution in [2.75, 3.05) is 25.1 Å². The van der Waals surface area contributed by atoms with Crippen LogP contribution in [0.5, 0.6) is 11.5 Å². The minimum Gasteiger partial charge on any atom is -0.486 e. The molecule has 26 heavy (non-hydrogen) atoms. The van der Waals surface area contributed by atoms with Gasteiger partial charge in [0.05, 0.1) is 10.7 Å². The fourth-order valence-electron chi connectivity index (χ4n) is 2.99. The van der Waals surface area contributed by atoms with E-state index < -0.39 is 0 Å². The molecule has 0 fully saturated rings. The molecule has 0 aliphatic carbocycles. The maximum absolute atomic E-state index is 6.40. The zero-order valence-corrected chi connectivity index (χ0v) is 16.8. The van der Waals surface area contributed by atoms with Crippen LogP contribution in [-0.4, -0.2) is 29.8 Å². The first-order valence-corrected chi connectivity index (χ1v) is 9.47. The average Bonchev–Trinajstić information content (AvgIpc) is 2.62. The van der Waals surface area contributed by atoms with Gasteiger partial charge in [0.1, 0.15) is 13.2 Å². The summed E-state index contributed by atoms with van der Waals surface area (Å²) in [6.45, 7) is 8.78. The molecule has 1 N–H and O–H groups in total. The molecule has 2 aromatic rings. The van der Waals surface area contributed by atoms with Crippen LogP contribution >= 0.6 is 23.8 Å². The highest BCUT2D eigenvalue weighted by Crippen LogP contribution is 2.31. The average molecular weight is 391 g/mol. The van der Waals surface area contributed by atoms with E-state index in [9.17, 15) is 0 Å². The van der Waals surface area contributed by atoms with Crippen molar-refractivity contribution >= 4 is 34.6 Å². The van der Waals surface area contributed by atoms with Crippen LogP contribution in [0.3, 0.4) is 0 Å². The highest BCUT2D eigenvalue weighted by molar-refractivity contribution is 7.80. The molecule has 0 radical (unpaired) electrons. The topological polar surface area (TPSA) is 33.7 Å². The lowest BCUT2D eigenvalue weighted by atomic mass is 10.1. The molecule has 0 saturated heterocycles. The van der Waals surface area contributed by atoms with Gasteiger partial charge in [-0.3, -0.25) is 0 Å². The van der Waals surface area contributed by atoms with Crippen molar-refractivity contribution in [2.24, 2.45) is 0 Å². The SMILES string of the molecule is CCN(Cc1ccc2c(c1)OCCO2)C(=S)Nc1c(C)cc(C)cc1Cl. The third kappa shape index (κ3) is 4.22. The molecule has 4 nitrogen and oxygen atoms in total. The highest BCUT2D eigenvalue weighted by atomic mass is 35.5. The predicted octanol–water partition coefficient (Wildman–Crippen LogP) is 4.95. The maximum Gasteiger partial charge on any atom is 0.173 e. The second kappa shape index (κ2) is 8.14. The Hall–Kier alpha value is -1.98. The minimum absolute atomic E-state index is 0.582. The monoisotopic (exact) mass is 390 g/mol. The number of ether oxygens (including phenoxy) is 2. The van der Waals surface area contributed by atoms with Crippen LogP contribution in [0.2, 0.25) is 5.02 Å². The number of hydrogen-bond donors (Lipinski definition) is 1. The summed E-state index contributed by atoms with van der Waals surface area (Å²) >= 11 is 12.0. The maximum atomic E-state index is 6.40. The fraction of sp³-hybridized carbons (Fsp3) is 0.350. The highest BCUT2D eigenvalue weighted by Gasteiger charge is 2.15. The predicted molar refractivity (Wildman–Crippen MR) is 111 cm³/mol. The van der Waals surface area contributed by atoms with Crippen molar-refractivity contribution in [3.05, 3.63) is 52.0 Å². The Labute approximate surface area is 165 Å².